The van der Waals surface area contributed by atoms with E-state index in [1.54, 1.807) is 42.5 Å². The Morgan fingerprint density at radius 2 is 1.91 bits per heavy atom. The fourth-order valence-electron chi connectivity index (χ4n) is 2.52. The number of benzene rings is 1. The summed E-state index contributed by atoms with van der Waals surface area (Å²) in [5.41, 5.74) is 1.20. The molecule has 1 aromatic carbocycles. The second-order valence-electron chi connectivity index (χ2n) is 5.01. The number of allylic oxidation sites excluding steroid dienone is 4. The average Bonchev–Trinajstić information content (AvgIpc) is 2.53. The van der Waals surface area contributed by atoms with E-state index >= 15 is 0 Å². The van der Waals surface area contributed by atoms with E-state index in [0.717, 1.165) is 0 Å². The fourth-order valence-corrected chi connectivity index (χ4v) is 2.52. The van der Waals surface area contributed by atoms with Crippen molar-refractivity contribution in [1.29, 1.82) is 0 Å². The van der Waals surface area contributed by atoms with Crippen LogP contribution in [0.3, 0.4) is 0 Å². The van der Waals surface area contributed by atoms with Gasteiger partial charge in [0.1, 0.15) is 5.76 Å². The lowest BCUT2D eigenvalue weighted by Crippen LogP contribution is -2.32. The average molecular weight is 306 g/mol. The first-order valence-corrected chi connectivity index (χ1v) is 6.76. The van der Waals surface area contributed by atoms with E-state index in [1.165, 1.54) is 13.2 Å². The molecule has 3 rings (SSSR count). The number of dihydropyridines is 1. The minimum Gasteiger partial charge on any atom is -0.497 e. The lowest BCUT2D eigenvalue weighted by molar-refractivity contribution is -0.136. The van der Waals surface area contributed by atoms with Crippen molar-refractivity contribution in [3.63, 3.8) is 0 Å². The Balaban J connectivity index is 2.18. The zero-order valence-corrected chi connectivity index (χ0v) is 11.8. The van der Waals surface area contributed by atoms with Gasteiger partial charge in [-0.3, -0.25) is 4.99 Å². The molecule has 0 aromatic heterocycles. The normalized spacial score (nSPS) is 25.2. The Labute approximate surface area is 127 Å². The highest BCUT2D eigenvalue weighted by Gasteiger charge is 2.42. The monoisotopic (exact) mass is 306 g/mol. The highest BCUT2D eigenvalue weighted by molar-refractivity contribution is 6.08. The molecule has 22 heavy (non-hydrogen) atoms. The van der Waals surface area contributed by atoms with E-state index < -0.39 is 24.2 Å². The van der Waals surface area contributed by atoms with Gasteiger partial charge in [0.05, 0.1) is 8.48 Å². The van der Waals surface area contributed by atoms with Gasteiger partial charge in [-0.05, 0) is 35.4 Å². The number of fused-ring (bicyclic) bond motifs is 1. The summed E-state index contributed by atoms with van der Waals surface area (Å²) in [6, 6.07) is 6.03. The number of nitrogens with zero attached hydrogens (tertiary/aromatic N) is 1. The van der Waals surface area contributed by atoms with Crippen LogP contribution in [0.4, 0.5) is 13.2 Å². The van der Waals surface area contributed by atoms with Crippen LogP contribution >= 0.6 is 0 Å². The Bertz CT molecular complexity index is 732. The number of ether oxygens (including phenoxy) is 1. The fraction of sp³-hybridized carbons (Fsp3) is 0.235. The third kappa shape index (κ3) is 2.71. The molecule has 0 saturated carbocycles. The number of hydrogen-bond acceptors (Lipinski definition) is 2. The minimum atomic E-state index is -4.59. The first-order valence-electron chi connectivity index (χ1n) is 7.26. The zero-order valence-electron chi connectivity index (χ0n) is 12.8. The number of halogens is 3. The van der Waals surface area contributed by atoms with Crippen LogP contribution in [0.25, 0.3) is 5.57 Å². The smallest absolute Gasteiger partial charge is 0.414 e. The SMILES string of the molecule is [2H]C1=C(c2ccccc2)C2C=C(OC)C=CC2=NC1C(F)(F)F. The van der Waals surface area contributed by atoms with E-state index in [1.807, 2.05) is 0 Å². The predicted molar refractivity (Wildman–Crippen MR) is 79.4 cm³/mol. The molecule has 5 heteroatoms. The predicted octanol–water partition coefficient (Wildman–Crippen LogP) is 4.17. The van der Waals surface area contributed by atoms with Crippen LogP contribution in [0.2, 0.25) is 0 Å². The Morgan fingerprint density at radius 1 is 1.18 bits per heavy atom. The van der Waals surface area contributed by atoms with Crippen LogP contribution in [0.1, 0.15) is 6.93 Å². The lowest BCUT2D eigenvalue weighted by atomic mass is 9.82. The standard InChI is InChI=1S/C17H14F3NO/c1-22-12-7-8-15-14(9-12)13(11-5-3-2-4-6-11)10-16(21-15)17(18,19)20/h2-10,14,16H,1H3/i10D. The van der Waals surface area contributed by atoms with E-state index in [0.29, 0.717) is 22.6 Å². The van der Waals surface area contributed by atoms with E-state index in [9.17, 15) is 13.2 Å². The largest absolute Gasteiger partial charge is 0.497 e. The van der Waals surface area contributed by atoms with Crippen molar-refractivity contribution in [1.82, 2.24) is 0 Å². The van der Waals surface area contributed by atoms with Crippen molar-refractivity contribution >= 4 is 11.3 Å². The van der Waals surface area contributed by atoms with Gasteiger partial charge >= 0.3 is 6.18 Å². The Kier molecular flexibility index (Phi) is 3.33. The topological polar surface area (TPSA) is 21.6 Å². The zero-order chi connectivity index (χ0) is 16.6. The number of aliphatic imine (C=N–C) groups is 1. The van der Waals surface area contributed by atoms with Gasteiger partial charge in [0.15, 0.2) is 6.04 Å². The minimum absolute atomic E-state index is 0.294. The summed E-state index contributed by atoms with van der Waals surface area (Å²) in [6.45, 7) is 0. The molecule has 114 valence electrons. The van der Waals surface area contributed by atoms with Gasteiger partial charge in [-0.15, -0.1) is 0 Å². The maximum atomic E-state index is 13.3. The van der Waals surface area contributed by atoms with Gasteiger partial charge in [0.2, 0.25) is 0 Å². The third-order valence-electron chi connectivity index (χ3n) is 3.58. The van der Waals surface area contributed by atoms with Crippen molar-refractivity contribution in [2.75, 3.05) is 7.11 Å². The highest BCUT2D eigenvalue weighted by atomic mass is 19.4. The number of alkyl halides is 3. The second-order valence-corrected chi connectivity index (χ2v) is 5.01. The molecule has 2 nitrogen and oxygen atoms in total. The lowest BCUT2D eigenvalue weighted by Gasteiger charge is -2.29. The van der Waals surface area contributed by atoms with Crippen LogP contribution in [0.5, 0.6) is 0 Å². The third-order valence-corrected chi connectivity index (χ3v) is 3.58. The van der Waals surface area contributed by atoms with Crippen molar-refractivity contribution in [2.45, 2.75) is 12.2 Å². The molecule has 2 unspecified atom stereocenters. The summed E-state index contributed by atoms with van der Waals surface area (Å²) >= 11 is 0. The molecule has 0 fully saturated rings. The van der Waals surface area contributed by atoms with Crippen LogP contribution < -0.4 is 0 Å². The van der Waals surface area contributed by atoms with Gasteiger partial charge in [-0.1, -0.05) is 30.3 Å². The summed E-state index contributed by atoms with van der Waals surface area (Å²) in [5.74, 6) is 0.0316. The van der Waals surface area contributed by atoms with Crippen molar-refractivity contribution in [3.8, 4) is 0 Å². The van der Waals surface area contributed by atoms with E-state index in [-0.39, 0.29) is 0 Å². The molecule has 1 aliphatic carbocycles. The molecule has 0 amide bonds. The molecule has 0 N–H and O–H groups in total. The van der Waals surface area contributed by atoms with Crippen LogP contribution in [0, 0.1) is 5.92 Å². The summed E-state index contributed by atoms with van der Waals surface area (Å²) in [6.07, 6.45) is 0.217. The van der Waals surface area contributed by atoms with Crippen LogP contribution in [-0.4, -0.2) is 25.0 Å². The molecule has 1 aromatic rings. The van der Waals surface area contributed by atoms with E-state index in [4.69, 9.17) is 6.11 Å². The first-order chi connectivity index (χ1) is 10.9. The molecule has 2 atom stereocenters. The molecule has 0 radical (unpaired) electrons. The molecule has 0 spiro atoms. The molecule has 1 heterocycles. The summed E-state index contributed by atoms with van der Waals surface area (Å²) in [5, 5.41) is 0. The van der Waals surface area contributed by atoms with Gasteiger partial charge in [0.25, 0.3) is 0 Å². The quantitative estimate of drug-likeness (QED) is 0.803. The molecule has 2 aliphatic rings. The van der Waals surface area contributed by atoms with Crippen molar-refractivity contribution < 1.29 is 19.3 Å². The van der Waals surface area contributed by atoms with Crippen LogP contribution in [-0.2, 0) is 4.74 Å². The first kappa shape index (κ1) is 13.4. The molecule has 0 saturated heterocycles. The maximum absolute atomic E-state index is 13.3. The van der Waals surface area contributed by atoms with Gasteiger partial charge in [0, 0.05) is 11.6 Å². The maximum Gasteiger partial charge on any atom is 0.414 e. The second kappa shape index (κ2) is 5.48. The number of hydrogen-bond donors (Lipinski definition) is 0. The van der Waals surface area contributed by atoms with E-state index in [2.05, 4.69) is 4.99 Å². The summed E-state index contributed by atoms with van der Waals surface area (Å²) in [7, 11) is 1.49. The molecule has 1 aliphatic heterocycles. The Morgan fingerprint density at radius 3 is 2.55 bits per heavy atom. The number of methoxy groups -OCH3 is 1. The van der Waals surface area contributed by atoms with Crippen molar-refractivity contribution in [3.05, 3.63) is 65.9 Å². The van der Waals surface area contributed by atoms with Gasteiger partial charge in [-0.25, -0.2) is 0 Å². The molecular formula is C17H14F3NO. The molecule has 0 bridgehead atoms. The molecular weight excluding hydrogens is 291 g/mol. The van der Waals surface area contributed by atoms with Gasteiger partial charge in [-0.2, -0.15) is 13.2 Å². The van der Waals surface area contributed by atoms with Crippen molar-refractivity contribution in [2.24, 2.45) is 10.9 Å². The number of rotatable bonds is 2. The summed E-state index contributed by atoms with van der Waals surface area (Å²) in [4.78, 5) is 3.76. The summed E-state index contributed by atoms with van der Waals surface area (Å²) < 4.78 is 53.0. The highest BCUT2D eigenvalue weighted by Crippen LogP contribution is 2.38. The van der Waals surface area contributed by atoms with Crippen LogP contribution in [0.15, 0.2) is 65.4 Å². The Hall–Kier alpha value is -2.30. The van der Waals surface area contributed by atoms with Gasteiger partial charge < -0.3 is 4.74 Å².